The van der Waals surface area contributed by atoms with E-state index in [0.717, 1.165) is 48.8 Å². The van der Waals surface area contributed by atoms with E-state index in [0.29, 0.717) is 10.8 Å². The number of ether oxygens (including phenoxy) is 1. The van der Waals surface area contributed by atoms with Crippen LogP contribution in [-0.4, -0.2) is 45.9 Å². The molecule has 4 rings (SSSR count). The van der Waals surface area contributed by atoms with Crippen molar-refractivity contribution in [3.8, 4) is 5.75 Å². The van der Waals surface area contributed by atoms with Gasteiger partial charge in [-0.3, -0.25) is 15.0 Å². The summed E-state index contributed by atoms with van der Waals surface area (Å²) in [4.78, 5) is 15.8. The third kappa shape index (κ3) is 6.07. The van der Waals surface area contributed by atoms with Crippen molar-refractivity contribution in [1.29, 1.82) is 0 Å². The molecule has 0 aliphatic carbocycles. The Hall–Kier alpha value is -3.00. The van der Waals surface area contributed by atoms with Crippen LogP contribution in [0.3, 0.4) is 0 Å². The van der Waals surface area contributed by atoms with Gasteiger partial charge in [0.05, 0.1) is 9.95 Å². The Bertz CT molecular complexity index is 1120. The molecule has 0 N–H and O–H groups in total. The van der Waals surface area contributed by atoms with Crippen LogP contribution in [0.2, 0.25) is 5.02 Å². The summed E-state index contributed by atoms with van der Waals surface area (Å²) in [5.74, 6) is 0.550. The molecule has 0 atom stereocenters. The lowest BCUT2D eigenvalue weighted by atomic mass is 10.1. The van der Waals surface area contributed by atoms with E-state index in [1.165, 1.54) is 17.7 Å². The number of hydrogen-bond acceptors (Lipinski definition) is 5. The van der Waals surface area contributed by atoms with Crippen LogP contribution in [-0.2, 0) is 13.2 Å². The number of nitro groups is 1. The number of halogens is 1. The van der Waals surface area contributed by atoms with Crippen LogP contribution in [0.15, 0.2) is 72.8 Å². The minimum atomic E-state index is -0.424. The zero-order valence-electron chi connectivity index (χ0n) is 18.0. The highest BCUT2D eigenvalue weighted by Crippen LogP contribution is 2.27. The normalized spacial score (nSPS) is 14.2. The highest BCUT2D eigenvalue weighted by Gasteiger charge is 2.20. The predicted octanol–water partition coefficient (Wildman–Crippen LogP) is 5.32. The number of benzene rings is 3. The lowest BCUT2D eigenvalue weighted by molar-refractivity contribution is -0.384. The van der Waals surface area contributed by atoms with Crippen LogP contribution in [0.1, 0.15) is 16.7 Å². The Labute approximate surface area is 203 Å². The summed E-state index contributed by atoms with van der Waals surface area (Å²) in [6.45, 7) is 4.89. The molecule has 6 nitrogen and oxygen atoms in total. The Morgan fingerprint density at radius 2 is 1.67 bits per heavy atom. The summed E-state index contributed by atoms with van der Waals surface area (Å²) in [6.07, 6.45) is 0. The summed E-state index contributed by atoms with van der Waals surface area (Å²) in [6, 6.07) is 22.4. The third-order valence-electron chi connectivity index (χ3n) is 5.63. The van der Waals surface area contributed by atoms with Gasteiger partial charge in [-0.15, -0.1) is 0 Å². The fraction of sp³-hybridized carbons (Fsp3) is 0.240. The standard InChI is InChI=1S/C25H24ClN3O3S/c26-23-16-21(8-11-24(23)32-18-20-6-9-22(10-7-20)29(30)31)25(33)28-14-12-27(13-15-28)17-19-4-2-1-3-5-19/h1-11,16H,12-15,17-18H2. The van der Waals surface area contributed by atoms with Crippen molar-refractivity contribution in [1.82, 2.24) is 9.80 Å². The van der Waals surface area contributed by atoms with Crippen molar-refractivity contribution in [2.75, 3.05) is 26.2 Å². The van der Waals surface area contributed by atoms with E-state index in [4.69, 9.17) is 28.6 Å². The fourth-order valence-electron chi connectivity index (χ4n) is 3.76. The van der Waals surface area contributed by atoms with Crippen LogP contribution >= 0.6 is 23.8 Å². The molecule has 0 bridgehead atoms. The van der Waals surface area contributed by atoms with Gasteiger partial charge in [0.15, 0.2) is 0 Å². The Morgan fingerprint density at radius 1 is 0.970 bits per heavy atom. The molecule has 1 aliphatic rings. The first kappa shape index (κ1) is 23.2. The largest absolute Gasteiger partial charge is 0.487 e. The van der Waals surface area contributed by atoms with E-state index >= 15 is 0 Å². The van der Waals surface area contributed by atoms with Crippen molar-refractivity contribution in [3.05, 3.63) is 105 Å². The molecule has 0 saturated carbocycles. The second kappa shape index (κ2) is 10.7. The minimum Gasteiger partial charge on any atom is -0.487 e. The molecular formula is C25H24ClN3O3S. The fourth-order valence-corrected chi connectivity index (χ4v) is 4.30. The summed E-state index contributed by atoms with van der Waals surface area (Å²) in [5, 5.41) is 11.3. The second-order valence-corrected chi connectivity index (χ2v) is 8.71. The second-order valence-electron chi connectivity index (χ2n) is 7.91. The first-order chi connectivity index (χ1) is 16.0. The van der Waals surface area contributed by atoms with E-state index < -0.39 is 4.92 Å². The predicted molar refractivity (Wildman–Crippen MR) is 134 cm³/mol. The maximum atomic E-state index is 10.8. The Morgan fingerprint density at radius 3 is 2.30 bits per heavy atom. The Balaban J connectivity index is 1.31. The van der Waals surface area contributed by atoms with Gasteiger partial charge in [0, 0.05) is 50.4 Å². The molecule has 1 heterocycles. The molecule has 0 radical (unpaired) electrons. The quantitative estimate of drug-likeness (QED) is 0.258. The molecule has 0 amide bonds. The van der Waals surface area contributed by atoms with E-state index in [1.54, 1.807) is 12.1 Å². The van der Waals surface area contributed by atoms with Crippen molar-refractivity contribution < 1.29 is 9.66 Å². The van der Waals surface area contributed by atoms with Crippen LogP contribution in [0, 0.1) is 10.1 Å². The monoisotopic (exact) mass is 481 g/mol. The average molecular weight is 482 g/mol. The van der Waals surface area contributed by atoms with Crippen molar-refractivity contribution in [2.45, 2.75) is 13.2 Å². The molecule has 0 unspecified atom stereocenters. The SMILES string of the molecule is O=[N+]([O-])c1ccc(COc2ccc(C(=S)N3CCN(Cc4ccccc4)CC3)cc2Cl)cc1. The Kier molecular flexibility index (Phi) is 7.54. The lowest BCUT2D eigenvalue weighted by Gasteiger charge is -2.36. The zero-order valence-corrected chi connectivity index (χ0v) is 19.6. The van der Waals surface area contributed by atoms with E-state index in [2.05, 4.69) is 34.1 Å². The molecule has 33 heavy (non-hydrogen) atoms. The van der Waals surface area contributed by atoms with Gasteiger partial charge in [0.2, 0.25) is 0 Å². The number of non-ortho nitro benzene ring substituents is 1. The maximum absolute atomic E-state index is 10.8. The maximum Gasteiger partial charge on any atom is 0.269 e. The highest BCUT2D eigenvalue weighted by atomic mass is 35.5. The molecule has 0 spiro atoms. The number of thiocarbonyl (C=S) groups is 1. The number of rotatable bonds is 7. The summed E-state index contributed by atoms with van der Waals surface area (Å²) < 4.78 is 5.81. The molecule has 1 fully saturated rings. The van der Waals surface area contributed by atoms with Gasteiger partial charge in [-0.1, -0.05) is 54.2 Å². The van der Waals surface area contributed by atoms with Crippen LogP contribution in [0.5, 0.6) is 5.75 Å². The van der Waals surface area contributed by atoms with Gasteiger partial charge >= 0.3 is 0 Å². The minimum absolute atomic E-state index is 0.0514. The van der Waals surface area contributed by atoms with Gasteiger partial charge in [-0.05, 0) is 41.5 Å². The summed E-state index contributed by atoms with van der Waals surface area (Å²) in [7, 11) is 0. The first-order valence-electron chi connectivity index (χ1n) is 10.7. The van der Waals surface area contributed by atoms with Gasteiger partial charge in [0.1, 0.15) is 17.3 Å². The lowest BCUT2D eigenvalue weighted by Crippen LogP contribution is -2.48. The van der Waals surface area contributed by atoms with E-state index in [-0.39, 0.29) is 12.3 Å². The van der Waals surface area contributed by atoms with E-state index in [9.17, 15) is 10.1 Å². The molecule has 170 valence electrons. The number of hydrogen-bond donors (Lipinski definition) is 0. The molecule has 1 saturated heterocycles. The molecule has 3 aromatic carbocycles. The van der Waals surface area contributed by atoms with Crippen LogP contribution in [0.4, 0.5) is 5.69 Å². The van der Waals surface area contributed by atoms with Crippen LogP contribution in [0.25, 0.3) is 0 Å². The number of nitrogens with zero attached hydrogens (tertiary/aromatic N) is 3. The van der Waals surface area contributed by atoms with Gasteiger partial charge in [-0.2, -0.15) is 0 Å². The van der Waals surface area contributed by atoms with Crippen molar-refractivity contribution in [3.63, 3.8) is 0 Å². The average Bonchev–Trinajstić information content (AvgIpc) is 2.84. The van der Waals surface area contributed by atoms with Gasteiger partial charge in [0.25, 0.3) is 5.69 Å². The first-order valence-corrected chi connectivity index (χ1v) is 11.5. The van der Waals surface area contributed by atoms with Gasteiger partial charge in [-0.25, -0.2) is 0 Å². The van der Waals surface area contributed by atoms with Crippen molar-refractivity contribution in [2.24, 2.45) is 0 Å². The van der Waals surface area contributed by atoms with E-state index in [1.807, 2.05) is 24.3 Å². The highest BCUT2D eigenvalue weighted by molar-refractivity contribution is 7.80. The van der Waals surface area contributed by atoms with Crippen molar-refractivity contribution >= 4 is 34.5 Å². The van der Waals surface area contributed by atoms with Gasteiger partial charge < -0.3 is 9.64 Å². The molecule has 0 aromatic heterocycles. The summed E-state index contributed by atoms with van der Waals surface area (Å²) >= 11 is 12.2. The molecule has 8 heteroatoms. The third-order valence-corrected chi connectivity index (χ3v) is 6.42. The smallest absolute Gasteiger partial charge is 0.269 e. The molecule has 3 aromatic rings. The zero-order chi connectivity index (χ0) is 23.2. The number of piperazine rings is 1. The topological polar surface area (TPSA) is 58.9 Å². The van der Waals surface area contributed by atoms with Crippen LogP contribution < -0.4 is 4.74 Å². The molecular weight excluding hydrogens is 458 g/mol. The molecule has 1 aliphatic heterocycles. The summed E-state index contributed by atoms with van der Waals surface area (Å²) in [5.41, 5.74) is 3.10. The number of nitro benzene ring substituents is 1.